The maximum absolute atomic E-state index is 12.1. The zero-order chi connectivity index (χ0) is 17.5. The Morgan fingerprint density at radius 3 is 2.54 bits per heavy atom. The molecule has 1 heterocycles. The molecular formula is C17H24F2N2O3. The van der Waals surface area contributed by atoms with Crippen molar-refractivity contribution >= 4 is 5.91 Å². The van der Waals surface area contributed by atoms with E-state index in [0.717, 1.165) is 26.1 Å². The summed E-state index contributed by atoms with van der Waals surface area (Å²) in [5.41, 5.74) is 0.655. The van der Waals surface area contributed by atoms with Crippen LogP contribution in [-0.4, -0.2) is 60.1 Å². The molecule has 0 bridgehead atoms. The summed E-state index contributed by atoms with van der Waals surface area (Å²) in [6.45, 7) is 2.40. The van der Waals surface area contributed by atoms with Gasteiger partial charge >= 0.3 is 6.61 Å². The first-order valence-electron chi connectivity index (χ1n) is 8.22. The number of β-amino-alcohol motifs (C(OH)–C–C–N with tert-alkyl or cyclic N) is 1. The van der Waals surface area contributed by atoms with E-state index in [1.807, 2.05) is 11.8 Å². The van der Waals surface area contributed by atoms with Crippen molar-refractivity contribution in [1.82, 2.24) is 9.80 Å². The van der Waals surface area contributed by atoms with Gasteiger partial charge in [0.1, 0.15) is 5.75 Å². The SMILES string of the molecule is CCC(=O)N1CCCN(CC(O)c2ccc(OC(F)F)cc2)CC1. The second-order valence-corrected chi connectivity index (χ2v) is 5.85. The Morgan fingerprint density at radius 2 is 1.92 bits per heavy atom. The van der Waals surface area contributed by atoms with Crippen LogP contribution in [0.1, 0.15) is 31.4 Å². The third-order valence-electron chi connectivity index (χ3n) is 4.16. The molecule has 5 nitrogen and oxygen atoms in total. The Balaban J connectivity index is 1.87. The molecule has 2 rings (SSSR count). The summed E-state index contributed by atoms with van der Waals surface area (Å²) >= 11 is 0. The Morgan fingerprint density at radius 1 is 1.21 bits per heavy atom. The molecule has 7 heteroatoms. The number of hydrogen-bond acceptors (Lipinski definition) is 4. The highest BCUT2D eigenvalue weighted by Crippen LogP contribution is 2.20. The minimum atomic E-state index is -2.85. The van der Waals surface area contributed by atoms with Crippen molar-refractivity contribution in [3.05, 3.63) is 29.8 Å². The summed E-state index contributed by atoms with van der Waals surface area (Å²) < 4.78 is 28.6. The molecule has 1 atom stereocenters. The Bertz CT molecular complexity index is 525. The van der Waals surface area contributed by atoms with Gasteiger partial charge in [-0.2, -0.15) is 8.78 Å². The topological polar surface area (TPSA) is 53.0 Å². The van der Waals surface area contributed by atoms with Crippen molar-refractivity contribution in [2.24, 2.45) is 0 Å². The van der Waals surface area contributed by atoms with Crippen LogP contribution in [0.3, 0.4) is 0 Å². The lowest BCUT2D eigenvalue weighted by Crippen LogP contribution is -2.36. The van der Waals surface area contributed by atoms with Crippen molar-refractivity contribution in [3.63, 3.8) is 0 Å². The van der Waals surface area contributed by atoms with E-state index < -0.39 is 12.7 Å². The number of aliphatic hydroxyl groups excluding tert-OH is 1. The fraction of sp³-hybridized carbons (Fsp3) is 0.588. The van der Waals surface area contributed by atoms with Crippen molar-refractivity contribution in [2.45, 2.75) is 32.5 Å². The zero-order valence-corrected chi connectivity index (χ0v) is 13.8. The van der Waals surface area contributed by atoms with Gasteiger partial charge in [0.05, 0.1) is 6.10 Å². The standard InChI is InChI=1S/C17H24F2N2O3/c1-2-16(23)21-9-3-8-20(10-11-21)12-15(22)13-4-6-14(7-5-13)24-17(18)19/h4-7,15,17,22H,2-3,8-12H2,1H3. The number of hydrogen-bond donors (Lipinski definition) is 1. The maximum atomic E-state index is 12.1. The molecule has 1 aromatic rings. The van der Waals surface area contributed by atoms with E-state index in [0.29, 0.717) is 25.1 Å². The van der Waals surface area contributed by atoms with Gasteiger partial charge in [0.15, 0.2) is 0 Å². The second kappa shape index (κ2) is 8.94. The van der Waals surface area contributed by atoms with Crippen LogP contribution < -0.4 is 4.74 Å². The first-order chi connectivity index (χ1) is 11.5. The highest BCUT2D eigenvalue weighted by molar-refractivity contribution is 5.75. The predicted octanol–water partition coefficient (Wildman–Crippen LogP) is 2.27. The maximum Gasteiger partial charge on any atom is 0.387 e. The smallest absolute Gasteiger partial charge is 0.387 e. The number of alkyl halides is 2. The highest BCUT2D eigenvalue weighted by Gasteiger charge is 2.20. The number of carbonyl (C=O) groups is 1. The van der Waals surface area contributed by atoms with Gasteiger partial charge in [-0.05, 0) is 24.1 Å². The second-order valence-electron chi connectivity index (χ2n) is 5.85. The number of halogens is 2. The van der Waals surface area contributed by atoms with E-state index in [1.165, 1.54) is 12.1 Å². The van der Waals surface area contributed by atoms with E-state index in [-0.39, 0.29) is 11.7 Å². The monoisotopic (exact) mass is 342 g/mol. The lowest BCUT2D eigenvalue weighted by molar-refractivity contribution is -0.130. The zero-order valence-electron chi connectivity index (χ0n) is 13.8. The Hall–Kier alpha value is -1.73. The van der Waals surface area contributed by atoms with Gasteiger partial charge in [0.25, 0.3) is 0 Å². The van der Waals surface area contributed by atoms with Crippen molar-refractivity contribution < 1.29 is 23.4 Å². The summed E-state index contributed by atoms with van der Waals surface area (Å²) in [6, 6.07) is 6.03. The average Bonchev–Trinajstić information content (AvgIpc) is 2.80. The number of carbonyl (C=O) groups excluding carboxylic acids is 1. The van der Waals surface area contributed by atoms with Crippen LogP contribution >= 0.6 is 0 Å². The predicted molar refractivity (Wildman–Crippen MR) is 86.0 cm³/mol. The van der Waals surface area contributed by atoms with Crippen molar-refractivity contribution in [2.75, 3.05) is 32.7 Å². The van der Waals surface area contributed by atoms with E-state index in [1.54, 1.807) is 12.1 Å². The molecule has 1 aliphatic heterocycles. The van der Waals surface area contributed by atoms with Crippen LogP contribution in [0.5, 0.6) is 5.75 Å². The van der Waals surface area contributed by atoms with Gasteiger partial charge in [-0.3, -0.25) is 9.69 Å². The van der Waals surface area contributed by atoms with Crippen LogP contribution in [0.4, 0.5) is 8.78 Å². The molecule has 0 spiro atoms. The largest absolute Gasteiger partial charge is 0.435 e. The quantitative estimate of drug-likeness (QED) is 0.862. The number of aliphatic hydroxyl groups is 1. The van der Waals surface area contributed by atoms with E-state index >= 15 is 0 Å². The molecule has 0 aliphatic carbocycles. The molecule has 1 saturated heterocycles. The molecule has 0 radical (unpaired) electrons. The summed E-state index contributed by atoms with van der Waals surface area (Å²) in [5.74, 6) is 0.233. The van der Waals surface area contributed by atoms with Gasteiger partial charge in [-0.1, -0.05) is 19.1 Å². The molecule has 1 unspecified atom stereocenters. The Kier molecular flexibility index (Phi) is 6.93. The summed E-state index contributed by atoms with van der Waals surface area (Å²) in [6.07, 6.45) is 0.675. The van der Waals surface area contributed by atoms with Crippen LogP contribution in [0.25, 0.3) is 0 Å². The summed E-state index contributed by atoms with van der Waals surface area (Å²) in [7, 11) is 0. The number of amides is 1. The van der Waals surface area contributed by atoms with E-state index in [2.05, 4.69) is 9.64 Å². The fourth-order valence-corrected chi connectivity index (χ4v) is 2.85. The van der Waals surface area contributed by atoms with Gasteiger partial charge < -0.3 is 14.7 Å². The minimum absolute atomic E-state index is 0.0736. The van der Waals surface area contributed by atoms with Gasteiger partial charge in [0, 0.05) is 39.1 Å². The van der Waals surface area contributed by atoms with Crippen molar-refractivity contribution in [1.29, 1.82) is 0 Å². The van der Waals surface area contributed by atoms with E-state index in [9.17, 15) is 18.7 Å². The molecule has 1 fully saturated rings. The minimum Gasteiger partial charge on any atom is -0.435 e. The van der Waals surface area contributed by atoms with E-state index in [4.69, 9.17) is 0 Å². The number of rotatable bonds is 6. The molecule has 1 amide bonds. The van der Waals surface area contributed by atoms with Crippen LogP contribution in [0, 0.1) is 0 Å². The molecule has 1 aromatic carbocycles. The third kappa shape index (κ3) is 5.42. The molecule has 134 valence electrons. The fourth-order valence-electron chi connectivity index (χ4n) is 2.85. The van der Waals surface area contributed by atoms with Crippen LogP contribution in [-0.2, 0) is 4.79 Å². The molecule has 1 N–H and O–H groups in total. The number of benzene rings is 1. The van der Waals surface area contributed by atoms with Crippen molar-refractivity contribution in [3.8, 4) is 5.75 Å². The highest BCUT2D eigenvalue weighted by atomic mass is 19.3. The average molecular weight is 342 g/mol. The lowest BCUT2D eigenvalue weighted by Gasteiger charge is -2.24. The first-order valence-corrected chi connectivity index (χ1v) is 8.22. The van der Waals surface area contributed by atoms with Crippen LogP contribution in [0.2, 0.25) is 0 Å². The van der Waals surface area contributed by atoms with Gasteiger partial charge in [-0.15, -0.1) is 0 Å². The molecular weight excluding hydrogens is 318 g/mol. The summed E-state index contributed by atoms with van der Waals surface area (Å²) in [4.78, 5) is 15.8. The summed E-state index contributed by atoms with van der Waals surface area (Å²) in [5, 5.41) is 10.3. The Labute approximate surface area is 140 Å². The van der Waals surface area contributed by atoms with Gasteiger partial charge in [0.2, 0.25) is 5.91 Å². The van der Waals surface area contributed by atoms with Crippen LogP contribution in [0.15, 0.2) is 24.3 Å². The molecule has 0 aromatic heterocycles. The molecule has 1 aliphatic rings. The molecule has 0 saturated carbocycles. The number of nitrogens with zero attached hydrogens (tertiary/aromatic N) is 2. The lowest BCUT2D eigenvalue weighted by atomic mass is 10.1. The normalized spacial score (nSPS) is 17.6. The molecule has 24 heavy (non-hydrogen) atoms. The number of ether oxygens (including phenoxy) is 1. The first kappa shape index (κ1) is 18.6. The van der Waals surface area contributed by atoms with Gasteiger partial charge in [-0.25, -0.2) is 0 Å². The third-order valence-corrected chi connectivity index (χ3v) is 4.16.